The van der Waals surface area contributed by atoms with Crippen molar-refractivity contribution in [3.05, 3.63) is 90.9 Å². The van der Waals surface area contributed by atoms with Gasteiger partial charge in [-0.05, 0) is 48.0 Å². The number of carbonyl (C=O) groups is 1. The van der Waals surface area contributed by atoms with E-state index in [0.717, 1.165) is 11.1 Å². The normalized spacial score (nSPS) is 10.5. The third-order valence-corrected chi connectivity index (χ3v) is 4.35. The Morgan fingerprint density at radius 3 is 2.45 bits per heavy atom. The van der Waals surface area contributed by atoms with Gasteiger partial charge in [0.15, 0.2) is 5.69 Å². The molecule has 7 heteroatoms. The first-order chi connectivity index (χ1) is 14.1. The van der Waals surface area contributed by atoms with Gasteiger partial charge in [-0.15, -0.1) is 0 Å². The second kappa shape index (κ2) is 7.85. The Balaban J connectivity index is 1.69. The van der Waals surface area contributed by atoms with E-state index in [0.29, 0.717) is 16.9 Å². The Morgan fingerprint density at radius 1 is 0.897 bits per heavy atom. The summed E-state index contributed by atoms with van der Waals surface area (Å²) in [4.78, 5) is 25.3. The Hall–Kier alpha value is -4.13. The van der Waals surface area contributed by atoms with Crippen LogP contribution in [-0.2, 0) is 0 Å². The average Bonchev–Trinajstić information content (AvgIpc) is 2.75. The molecule has 0 unspecified atom stereocenters. The minimum atomic E-state index is -0.510. The minimum Gasteiger partial charge on any atom is -0.397 e. The smallest absolute Gasteiger partial charge is 0.276 e. The average molecular weight is 385 g/mol. The molecule has 1 amide bonds. The van der Waals surface area contributed by atoms with Gasteiger partial charge in [-0.25, -0.2) is 9.37 Å². The lowest BCUT2D eigenvalue weighted by Gasteiger charge is -2.12. The van der Waals surface area contributed by atoms with Crippen molar-refractivity contribution in [3.8, 4) is 22.4 Å². The van der Waals surface area contributed by atoms with Crippen LogP contribution >= 0.6 is 0 Å². The van der Waals surface area contributed by atoms with Gasteiger partial charge in [0.2, 0.25) is 0 Å². The van der Waals surface area contributed by atoms with Gasteiger partial charge >= 0.3 is 0 Å². The highest BCUT2D eigenvalue weighted by atomic mass is 19.1. The molecule has 0 atom stereocenters. The van der Waals surface area contributed by atoms with Crippen LogP contribution in [0.2, 0.25) is 0 Å². The van der Waals surface area contributed by atoms with E-state index in [-0.39, 0.29) is 11.4 Å². The third-order valence-electron chi connectivity index (χ3n) is 4.35. The van der Waals surface area contributed by atoms with Gasteiger partial charge < -0.3 is 11.1 Å². The molecule has 4 rings (SSSR count). The fourth-order valence-corrected chi connectivity index (χ4v) is 2.93. The first kappa shape index (κ1) is 18.2. The number of anilines is 2. The van der Waals surface area contributed by atoms with Crippen molar-refractivity contribution >= 4 is 17.3 Å². The van der Waals surface area contributed by atoms with Crippen LogP contribution in [0.25, 0.3) is 22.4 Å². The molecule has 0 aliphatic rings. The van der Waals surface area contributed by atoms with E-state index < -0.39 is 11.7 Å². The highest BCUT2D eigenvalue weighted by Gasteiger charge is 2.17. The van der Waals surface area contributed by atoms with E-state index in [1.807, 2.05) is 12.1 Å². The highest BCUT2D eigenvalue weighted by Crippen LogP contribution is 2.28. The van der Waals surface area contributed by atoms with Crippen LogP contribution in [0.5, 0.6) is 0 Å². The fourth-order valence-electron chi connectivity index (χ4n) is 2.93. The van der Waals surface area contributed by atoms with Crippen molar-refractivity contribution in [3.63, 3.8) is 0 Å². The minimum absolute atomic E-state index is 0.00952. The van der Waals surface area contributed by atoms with Gasteiger partial charge in [0, 0.05) is 29.7 Å². The van der Waals surface area contributed by atoms with Crippen molar-refractivity contribution in [2.45, 2.75) is 0 Å². The molecule has 6 nitrogen and oxygen atoms in total. The number of nitrogens with one attached hydrogen (secondary N) is 1. The first-order valence-electron chi connectivity index (χ1n) is 8.80. The second-order valence-corrected chi connectivity index (χ2v) is 6.23. The van der Waals surface area contributed by atoms with Crippen LogP contribution in [0.3, 0.4) is 0 Å². The molecule has 0 aliphatic carbocycles. The zero-order chi connectivity index (χ0) is 20.2. The maximum absolute atomic E-state index is 14.1. The Kier molecular flexibility index (Phi) is 4.94. The third kappa shape index (κ3) is 3.79. The first-order valence-corrected chi connectivity index (χ1v) is 8.80. The molecule has 0 saturated heterocycles. The summed E-state index contributed by atoms with van der Waals surface area (Å²) < 4.78 is 14.1. The van der Waals surface area contributed by atoms with Crippen molar-refractivity contribution in [2.24, 2.45) is 0 Å². The topological polar surface area (TPSA) is 93.8 Å². The summed E-state index contributed by atoms with van der Waals surface area (Å²) in [6, 6.07) is 14.8. The Bertz CT molecular complexity index is 1180. The van der Waals surface area contributed by atoms with Crippen LogP contribution in [0, 0.1) is 5.82 Å². The molecule has 29 heavy (non-hydrogen) atoms. The van der Waals surface area contributed by atoms with Gasteiger partial charge in [-0.1, -0.05) is 12.1 Å². The molecule has 4 aromatic rings. The molecule has 0 radical (unpaired) electrons. The molecule has 0 spiro atoms. The molecule has 0 saturated carbocycles. The summed E-state index contributed by atoms with van der Waals surface area (Å²) in [6.45, 7) is 0. The molecule has 3 N–H and O–H groups in total. The largest absolute Gasteiger partial charge is 0.397 e. The van der Waals surface area contributed by atoms with Gasteiger partial charge in [0.05, 0.1) is 23.3 Å². The number of benzene rings is 1. The van der Waals surface area contributed by atoms with Crippen LogP contribution in [0.15, 0.2) is 79.4 Å². The predicted molar refractivity (Wildman–Crippen MR) is 109 cm³/mol. The number of aromatic nitrogens is 3. The van der Waals surface area contributed by atoms with E-state index >= 15 is 0 Å². The van der Waals surface area contributed by atoms with Gasteiger partial charge in [-0.3, -0.25) is 14.8 Å². The van der Waals surface area contributed by atoms with Crippen molar-refractivity contribution in [1.29, 1.82) is 0 Å². The van der Waals surface area contributed by atoms with Gasteiger partial charge in [0.1, 0.15) is 5.82 Å². The molecule has 1 aromatic carbocycles. The van der Waals surface area contributed by atoms with Crippen molar-refractivity contribution < 1.29 is 9.18 Å². The molecular formula is C22H16FN5O. The van der Waals surface area contributed by atoms with Crippen molar-refractivity contribution in [2.75, 3.05) is 11.1 Å². The van der Waals surface area contributed by atoms with Crippen molar-refractivity contribution in [1.82, 2.24) is 15.0 Å². The quantitative estimate of drug-likeness (QED) is 0.550. The molecule has 3 heterocycles. The number of amides is 1. The van der Waals surface area contributed by atoms with E-state index in [1.54, 1.807) is 55.1 Å². The van der Waals surface area contributed by atoms with E-state index in [2.05, 4.69) is 20.3 Å². The molecule has 0 fully saturated rings. The van der Waals surface area contributed by atoms with Crippen LogP contribution in [0.4, 0.5) is 15.8 Å². The number of nitrogen functional groups attached to an aromatic ring is 1. The Labute approximate surface area is 166 Å². The number of carbonyl (C=O) groups excluding carboxylic acids is 1. The second-order valence-electron chi connectivity index (χ2n) is 6.23. The highest BCUT2D eigenvalue weighted by molar-refractivity contribution is 6.08. The number of rotatable bonds is 4. The number of nitrogens with two attached hydrogens (primary N) is 1. The van der Waals surface area contributed by atoms with Crippen LogP contribution in [-0.4, -0.2) is 20.9 Å². The lowest BCUT2D eigenvalue weighted by Crippen LogP contribution is -2.17. The fraction of sp³-hybridized carbons (Fsp3) is 0. The standard InChI is InChI=1S/C22H16FN5O/c23-17-4-2-1-3-16(17)19-6-5-18(24)21(27-19)22(29)28-20-13-26-12-9-15(20)14-7-10-25-11-8-14/h1-13H,24H2,(H,28,29). The van der Waals surface area contributed by atoms with E-state index in [4.69, 9.17) is 5.73 Å². The molecule has 0 aliphatic heterocycles. The van der Waals surface area contributed by atoms with Gasteiger partial charge in [0.25, 0.3) is 5.91 Å². The summed E-state index contributed by atoms with van der Waals surface area (Å²) in [5.74, 6) is -0.938. The van der Waals surface area contributed by atoms with Crippen LogP contribution in [0.1, 0.15) is 10.5 Å². The maximum Gasteiger partial charge on any atom is 0.276 e. The SMILES string of the molecule is Nc1ccc(-c2ccccc2F)nc1C(=O)Nc1cnccc1-c1ccncc1. The number of nitrogens with zero attached hydrogens (tertiary/aromatic N) is 3. The maximum atomic E-state index is 14.1. The molecule has 0 bridgehead atoms. The predicted octanol–water partition coefficient (Wildman–Crippen LogP) is 4.18. The lowest BCUT2D eigenvalue weighted by molar-refractivity contribution is 0.102. The molecule has 142 valence electrons. The van der Waals surface area contributed by atoms with E-state index in [9.17, 15) is 9.18 Å². The number of halogens is 1. The summed E-state index contributed by atoms with van der Waals surface area (Å²) >= 11 is 0. The number of hydrogen-bond donors (Lipinski definition) is 2. The Morgan fingerprint density at radius 2 is 1.66 bits per heavy atom. The summed E-state index contributed by atoms with van der Waals surface area (Å²) in [7, 11) is 0. The zero-order valence-corrected chi connectivity index (χ0v) is 15.2. The zero-order valence-electron chi connectivity index (χ0n) is 15.2. The monoisotopic (exact) mass is 385 g/mol. The lowest BCUT2D eigenvalue weighted by atomic mass is 10.1. The molecular weight excluding hydrogens is 369 g/mol. The molecule has 3 aromatic heterocycles. The van der Waals surface area contributed by atoms with Crippen LogP contribution < -0.4 is 11.1 Å². The summed E-state index contributed by atoms with van der Waals surface area (Å²) in [6.07, 6.45) is 6.51. The number of pyridine rings is 3. The van der Waals surface area contributed by atoms with E-state index in [1.165, 1.54) is 12.1 Å². The number of hydrogen-bond acceptors (Lipinski definition) is 5. The van der Waals surface area contributed by atoms with Gasteiger partial charge in [-0.2, -0.15) is 0 Å². The summed E-state index contributed by atoms with van der Waals surface area (Å²) in [5.41, 5.74) is 8.94. The summed E-state index contributed by atoms with van der Waals surface area (Å²) in [5, 5.41) is 2.80.